The summed E-state index contributed by atoms with van der Waals surface area (Å²) in [6.07, 6.45) is 1.07. The molecule has 0 amide bonds. The van der Waals surface area contributed by atoms with Gasteiger partial charge < -0.3 is 9.64 Å². The third-order valence-corrected chi connectivity index (χ3v) is 4.97. The van der Waals surface area contributed by atoms with Gasteiger partial charge in [0.2, 0.25) is 0 Å². The highest BCUT2D eigenvalue weighted by Crippen LogP contribution is 2.31. The number of carbonyl (C=O) groups is 1. The standard InChI is InChI=1S/C20H22N2O2S.BrH/c1-2-24-19-12-7-6-11-17(19)22(20-21-13-8-14-25-20)15-18(23)16-9-4-3-5-10-16;/h3-7,9-12H,2,8,13-15H2,1H3;1H. The number of carbonyl (C=O) groups excluding carboxylic acids is 1. The van der Waals surface area contributed by atoms with E-state index >= 15 is 0 Å². The van der Waals surface area contributed by atoms with Crippen molar-refractivity contribution < 1.29 is 9.53 Å². The Balaban J connectivity index is 0.00000243. The molecule has 2 aromatic carbocycles. The van der Waals surface area contributed by atoms with E-state index in [1.54, 1.807) is 11.8 Å². The maximum Gasteiger partial charge on any atom is 0.182 e. The fraction of sp³-hybridized carbons (Fsp3) is 0.300. The van der Waals surface area contributed by atoms with E-state index in [1.165, 1.54) is 0 Å². The molecule has 0 spiro atoms. The van der Waals surface area contributed by atoms with Gasteiger partial charge in [-0.1, -0.05) is 54.2 Å². The summed E-state index contributed by atoms with van der Waals surface area (Å²) in [5, 5.41) is 0.891. The largest absolute Gasteiger partial charge is 0.492 e. The summed E-state index contributed by atoms with van der Waals surface area (Å²) in [4.78, 5) is 19.4. The number of halogens is 1. The number of ketones is 1. The Hall–Kier alpha value is -1.79. The third kappa shape index (κ3) is 5.11. The average molecular weight is 435 g/mol. The lowest BCUT2D eigenvalue weighted by Crippen LogP contribution is -2.36. The summed E-state index contributed by atoms with van der Waals surface area (Å²) < 4.78 is 5.78. The Bertz CT molecular complexity index is 752. The van der Waals surface area contributed by atoms with E-state index in [0.29, 0.717) is 12.2 Å². The Morgan fingerprint density at radius 1 is 1.15 bits per heavy atom. The Morgan fingerprint density at radius 3 is 2.58 bits per heavy atom. The van der Waals surface area contributed by atoms with Crippen LogP contribution in [-0.4, -0.2) is 36.4 Å². The predicted octanol–water partition coefficient (Wildman–Crippen LogP) is 4.85. The summed E-state index contributed by atoms with van der Waals surface area (Å²) >= 11 is 1.70. The second-order valence-electron chi connectivity index (χ2n) is 5.64. The Labute approximate surface area is 169 Å². The number of hydrogen-bond donors (Lipinski definition) is 0. The van der Waals surface area contributed by atoms with Crippen molar-refractivity contribution in [2.45, 2.75) is 13.3 Å². The number of thioether (sulfide) groups is 1. The minimum atomic E-state index is 0. The van der Waals surface area contributed by atoms with Gasteiger partial charge in [-0.3, -0.25) is 9.79 Å². The molecule has 0 saturated heterocycles. The predicted molar refractivity (Wildman–Crippen MR) is 115 cm³/mol. The van der Waals surface area contributed by atoms with E-state index in [0.717, 1.165) is 35.3 Å². The first-order chi connectivity index (χ1) is 12.3. The molecular formula is C20H23BrN2O2S. The molecule has 0 aromatic heterocycles. The van der Waals surface area contributed by atoms with Crippen molar-refractivity contribution in [1.82, 2.24) is 0 Å². The minimum absolute atomic E-state index is 0. The van der Waals surface area contributed by atoms with E-state index in [-0.39, 0.29) is 29.3 Å². The van der Waals surface area contributed by atoms with Crippen LogP contribution in [0.4, 0.5) is 5.69 Å². The van der Waals surface area contributed by atoms with Crippen LogP contribution in [0.15, 0.2) is 59.6 Å². The van der Waals surface area contributed by atoms with Crippen LogP contribution in [0.3, 0.4) is 0 Å². The van der Waals surface area contributed by atoms with Gasteiger partial charge in [0.15, 0.2) is 11.0 Å². The number of hydrogen-bond acceptors (Lipinski definition) is 5. The van der Waals surface area contributed by atoms with Gasteiger partial charge in [-0.15, -0.1) is 17.0 Å². The second kappa shape index (κ2) is 10.4. The fourth-order valence-corrected chi connectivity index (χ4v) is 3.64. The summed E-state index contributed by atoms with van der Waals surface area (Å²) in [5.41, 5.74) is 1.60. The van der Waals surface area contributed by atoms with Crippen LogP contribution in [-0.2, 0) is 0 Å². The van der Waals surface area contributed by atoms with E-state index in [2.05, 4.69) is 4.99 Å². The molecule has 3 rings (SSSR count). The number of Topliss-reactive ketones (excluding diaryl/α,β-unsaturated/α-hetero) is 1. The number of benzene rings is 2. The van der Waals surface area contributed by atoms with Crippen LogP contribution in [0.5, 0.6) is 5.75 Å². The van der Waals surface area contributed by atoms with Crippen LogP contribution in [0.2, 0.25) is 0 Å². The number of aliphatic imine (C=N–C) groups is 1. The number of amidine groups is 1. The normalized spacial score (nSPS) is 13.3. The third-order valence-electron chi connectivity index (χ3n) is 3.86. The molecule has 4 nitrogen and oxygen atoms in total. The molecule has 1 aliphatic rings. The number of ether oxygens (including phenoxy) is 1. The molecule has 0 saturated carbocycles. The molecule has 1 aliphatic heterocycles. The highest BCUT2D eigenvalue weighted by atomic mass is 79.9. The molecular weight excluding hydrogens is 412 g/mol. The molecule has 0 radical (unpaired) electrons. The lowest BCUT2D eigenvalue weighted by Gasteiger charge is -2.28. The first kappa shape index (κ1) is 20.5. The summed E-state index contributed by atoms with van der Waals surface area (Å²) in [7, 11) is 0. The van der Waals surface area contributed by atoms with Gasteiger partial charge in [0, 0.05) is 17.9 Å². The molecule has 0 fully saturated rings. The molecule has 2 aromatic rings. The van der Waals surface area contributed by atoms with E-state index < -0.39 is 0 Å². The van der Waals surface area contributed by atoms with Crippen LogP contribution < -0.4 is 9.64 Å². The molecule has 0 N–H and O–H groups in total. The smallest absolute Gasteiger partial charge is 0.182 e. The van der Waals surface area contributed by atoms with Crippen molar-refractivity contribution in [3.8, 4) is 5.75 Å². The molecule has 0 atom stereocenters. The molecule has 0 aliphatic carbocycles. The lowest BCUT2D eigenvalue weighted by atomic mass is 10.1. The molecule has 0 bridgehead atoms. The van der Waals surface area contributed by atoms with E-state index in [9.17, 15) is 4.79 Å². The summed E-state index contributed by atoms with van der Waals surface area (Å²) in [6, 6.07) is 17.2. The zero-order chi connectivity index (χ0) is 17.5. The Kier molecular flexibility index (Phi) is 8.19. The van der Waals surface area contributed by atoms with Gasteiger partial charge in [-0.25, -0.2) is 0 Å². The summed E-state index contributed by atoms with van der Waals surface area (Å²) in [6.45, 7) is 3.59. The van der Waals surface area contributed by atoms with Crippen LogP contribution in [0.1, 0.15) is 23.7 Å². The number of para-hydroxylation sites is 2. The maximum absolute atomic E-state index is 12.8. The molecule has 138 valence electrons. The van der Waals surface area contributed by atoms with Crippen LogP contribution in [0.25, 0.3) is 0 Å². The topological polar surface area (TPSA) is 41.9 Å². The average Bonchev–Trinajstić information content (AvgIpc) is 2.68. The monoisotopic (exact) mass is 434 g/mol. The minimum Gasteiger partial charge on any atom is -0.492 e. The first-order valence-corrected chi connectivity index (χ1v) is 9.53. The van der Waals surface area contributed by atoms with Gasteiger partial charge in [0.1, 0.15) is 5.75 Å². The van der Waals surface area contributed by atoms with Crippen LogP contribution >= 0.6 is 28.7 Å². The van der Waals surface area contributed by atoms with Crippen molar-refractivity contribution >= 4 is 45.4 Å². The van der Waals surface area contributed by atoms with Gasteiger partial charge in [-0.05, 0) is 25.5 Å². The van der Waals surface area contributed by atoms with E-state index in [4.69, 9.17) is 4.74 Å². The van der Waals surface area contributed by atoms with Crippen molar-refractivity contribution in [2.24, 2.45) is 4.99 Å². The van der Waals surface area contributed by atoms with Crippen molar-refractivity contribution in [3.63, 3.8) is 0 Å². The highest BCUT2D eigenvalue weighted by Gasteiger charge is 2.23. The lowest BCUT2D eigenvalue weighted by molar-refractivity contribution is 0.100. The molecule has 1 heterocycles. The fourth-order valence-electron chi connectivity index (χ4n) is 2.68. The van der Waals surface area contributed by atoms with Crippen molar-refractivity contribution in [1.29, 1.82) is 0 Å². The zero-order valence-electron chi connectivity index (χ0n) is 14.8. The quantitative estimate of drug-likeness (QED) is 0.609. The molecule has 26 heavy (non-hydrogen) atoms. The van der Waals surface area contributed by atoms with Gasteiger partial charge in [0.25, 0.3) is 0 Å². The highest BCUT2D eigenvalue weighted by molar-refractivity contribution is 8.93. The van der Waals surface area contributed by atoms with Crippen LogP contribution in [0, 0.1) is 0 Å². The van der Waals surface area contributed by atoms with Crippen molar-refractivity contribution in [3.05, 3.63) is 60.2 Å². The van der Waals surface area contributed by atoms with Crippen molar-refractivity contribution in [2.75, 3.05) is 30.3 Å². The van der Waals surface area contributed by atoms with Gasteiger partial charge >= 0.3 is 0 Å². The molecule has 6 heteroatoms. The first-order valence-electron chi connectivity index (χ1n) is 8.54. The Morgan fingerprint density at radius 2 is 1.88 bits per heavy atom. The number of nitrogens with zero attached hydrogens (tertiary/aromatic N) is 2. The van der Waals surface area contributed by atoms with E-state index in [1.807, 2.05) is 66.4 Å². The number of rotatable bonds is 6. The maximum atomic E-state index is 12.8. The summed E-state index contributed by atoms with van der Waals surface area (Å²) in [5.74, 6) is 1.87. The molecule has 0 unspecified atom stereocenters. The SMILES string of the molecule is Br.CCOc1ccccc1N(CC(=O)c1ccccc1)C1=NCCCS1. The second-order valence-corrected chi connectivity index (χ2v) is 6.70. The van der Waals surface area contributed by atoms with Gasteiger partial charge in [0.05, 0.1) is 18.8 Å². The van der Waals surface area contributed by atoms with Gasteiger partial charge in [-0.2, -0.15) is 0 Å². The number of anilines is 1. The zero-order valence-corrected chi connectivity index (χ0v) is 17.3.